The Balaban J connectivity index is 1.79. The molecule has 3 nitrogen and oxygen atoms in total. The standard InChI is InChI=1S/C18H20N2O/c19-17(15-8-2-1-3-9-15)18(21)20-12-6-11-14-7-4-5-10-16(14)13-20/h1-5,7-10,17H,6,11-13,19H2/t17-/m0/s1. The predicted octanol–water partition coefficient (Wildman–Crippen LogP) is 2.66. The third-order valence-corrected chi connectivity index (χ3v) is 4.09. The molecule has 0 fully saturated rings. The summed E-state index contributed by atoms with van der Waals surface area (Å²) in [6.45, 7) is 1.43. The fraction of sp³-hybridized carbons (Fsp3) is 0.278. The molecule has 0 spiro atoms. The summed E-state index contributed by atoms with van der Waals surface area (Å²) in [7, 11) is 0. The third kappa shape index (κ3) is 2.98. The number of hydrogen-bond acceptors (Lipinski definition) is 2. The minimum atomic E-state index is -0.573. The molecule has 1 aliphatic rings. The molecule has 0 radical (unpaired) electrons. The number of amides is 1. The van der Waals surface area contributed by atoms with E-state index < -0.39 is 6.04 Å². The van der Waals surface area contributed by atoms with E-state index in [0.29, 0.717) is 6.54 Å². The summed E-state index contributed by atoms with van der Waals surface area (Å²) in [5.41, 5.74) is 9.61. The second kappa shape index (κ2) is 6.10. The van der Waals surface area contributed by atoms with Crippen LogP contribution in [0.2, 0.25) is 0 Å². The minimum absolute atomic E-state index is 0.0119. The monoisotopic (exact) mass is 280 g/mol. The lowest BCUT2D eigenvalue weighted by atomic mass is 10.0. The van der Waals surface area contributed by atoms with E-state index in [4.69, 9.17) is 5.73 Å². The van der Waals surface area contributed by atoms with Crippen LogP contribution in [-0.4, -0.2) is 17.4 Å². The Labute approximate surface area is 125 Å². The molecule has 1 amide bonds. The molecule has 21 heavy (non-hydrogen) atoms. The number of hydrogen-bond donors (Lipinski definition) is 1. The maximum atomic E-state index is 12.7. The number of benzene rings is 2. The molecular weight excluding hydrogens is 260 g/mol. The van der Waals surface area contributed by atoms with Gasteiger partial charge in [0.15, 0.2) is 0 Å². The summed E-state index contributed by atoms with van der Waals surface area (Å²) in [5.74, 6) is 0.0119. The van der Waals surface area contributed by atoms with E-state index in [0.717, 1.165) is 24.9 Å². The van der Waals surface area contributed by atoms with Crippen LogP contribution in [0.4, 0.5) is 0 Å². The molecule has 0 saturated heterocycles. The molecule has 2 N–H and O–H groups in total. The largest absolute Gasteiger partial charge is 0.337 e. The zero-order valence-electron chi connectivity index (χ0n) is 12.0. The molecule has 0 bridgehead atoms. The average molecular weight is 280 g/mol. The van der Waals surface area contributed by atoms with Crippen molar-refractivity contribution < 1.29 is 4.79 Å². The third-order valence-electron chi connectivity index (χ3n) is 4.09. The van der Waals surface area contributed by atoms with E-state index in [2.05, 4.69) is 18.2 Å². The number of carbonyl (C=O) groups is 1. The molecule has 0 aromatic heterocycles. The van der Waals surface area contributed by atoms with Crippen molar-refractivity contribution >= 4 is 5.91 Å². The summed E-state index contributed by atoms with van der Waals surface area (Å²) >= 11 is 0. The van der Waals surface area contributed by atoms with Crippen molar-refractivity contribution in [3.63, 3.8) is 0 Å². The molecule has 0 unspecified atom stereocenters. The zero-order chi connectivity index (χ0) is 14.7. The Hall–Kier alpha value is -2.13. The van der Waals surface area contributed by atoms with Crippen molar-refractivity contribution in [2.24, 2.45) is 5.73 Å². The summed E-state index contributed by atoms with van der Waals surface area (Å²) in [6, 6.07) is 17.4. The van der Waals surface area contributed by atoms with Gasteiger partial charge in [-0.3, -0.25) is 4.79 Å². The maximum absolute atomic E-state index is 12.7. The predicted molar refractivity (Wildman–Crippen MR) is 83.6 cm³/mol. The van der Waals surface area contributed by atoms with E-state index in [1.807, 2.05) is 41.3 Å². The summed E-state index contributed by atoms with van der Waals surface area (Å²) in [4.78, 5) is 14.6. The first-order chi connectivity index (χ1) is 10.3. The number of nitrogens with two attached hydrogens (primary N) is 1. The van der Waals surface area contributed by atoms with Crippen molar-refractivity contribution in [2.45, 2.75) is 25.4 Å². The van der Waals surface area contributed by atoms with Crippen LogP contribution >= 0.6 is 0 Å². The van der Waals surface area contributed by atoms with Gasteiger partial charge in [0.25, 0.3) is 0 Å². The molecular formula is C18H20N2O. The van der Waals surface area contributed by atoms with Crippen LogP contribution in [-0.2, 0) is 17.8 Å². The normalized spacial score (nSPS) is 16.0. The molecule has 2 aromatic rings. The van der Waals surface area contributed by atoms with Gasteiger partial charge in [0.05, 0.1) is 0 Å². The summed E-state index contributed by atoms with van der Waals surface area (Å²) in [5, 5.41) is 0. The SMILES string of the molecule is N[C@H](C(=O)N1CCCc2ccccc2C1)c1ccccc1. The minimum Gasteiger partial charge on any atom is -0.337 e. The molecule has 108 valence electrons. The van der Waals surface area contributed by atoms with E-state index >= 15 is 0 Å². The Kier molecular flexibility index (Phi) is 4.02. The second-order valence-electron chi connectivity index (χ2n) is 5.52. The molecule has 3 heteroatoms. The van der Waals surface area contributed by atoms with Gasteiger partial charge in [0.2, 0.25) is 5.91 Å². The Bertz CT molecular complexity index is 624. The fourth-order valence-corrected chi connectivity index (χ4v) is 2.89. The number of fused-ring (bicyclic) bond motifs is 1. The first-order valence-corrected chi connectivity index (χ1v) is 7.42. The van der Waals surface area contributed by atoms with Crippen molar-refractivity contribution in [3.8, 4) is 0 Å². The Morgan fingerprint density at radius 1 is 1.00 bits per heavy atom. The zero-order valence-corrected chi connectivity index (χ0v) is 12.0. The summed E-state index contributed by atoms with van der Waals surface area (Å²) < 4.78 is 0. The van der Waals surface area contributed by atoms with Crippen molar-refractivity contribution in [3.05, 3.63) is 71.3 Å². The van der Waals surface area contributed by atoms with E-state index in [1.165, 1.54) is 11.1 Å². The van der Waals surface area contributed by atoms with Crippen molar-refractivity contribution in [1.82, 2.24) is 4.90 Å². The van der Waals surface area contributed by atoms with Crippen molar-refractivity contribution in [1.29, 1.82) is 0 Å². The first-order valence-electron chi connectivity index (χ1n) is 7.42. The molecule has 1 heterocycles. The van der Waals surface area contributed by atoms with Crippen LogP contribution in [0.15, 0.2) is 54.6 Å². The van der Waals surface area contributed by atoms with Crippen LogP contribution in [0.5, 0.6) is 0 Å². The molecule has 3 rings (SSSR count). The highest BCUT2D eigenvalue weighted by Crippen LogP contribution is 2.21. The maximum Gasteiger partial charge on any atom is 0.244 e. The number of aryl methyl sites for hydroxylation is 1. The molecule has 1 atom stereocenters. The molecule has 0 aliphatic carbocycles. The van der Waals surface area contributed by atoms with Crippen LogP contribution in [0.3, 0.4) is 0 Å². The summed E-state index contributed by atoms with van der Waals surface area (Å²) in [6.07, 6.45) is 2.02. The second-order valence-corrected chi connectivity index (χ2v) is 5.52. The highest BCUT2D eigenvalue weighted by Gasteiger charge is 2.24. The van der Waals surface area contributed by atoms with Crippen LogP contribution in [0, 0.1) is 0 Å². The van der Waals surface area contributed by atoms with E-state index in [9.17, 15) is 4.79 Å². The van der Waals surface area contributed by atoms with Crippen LogP contribution < -0.4 is 5.73 Å². The average Bonchev–Trinajstić information content (AvgIpc) is 2.76. The Morgan fingerprint density at radius 3 is 2.43 bits per heavy atom. The number of carbonyl (C=O) groups excluding carboxylic acids is 1. The smallest absolute Gasteiger partial charge is 0.244 e. The number of rotatable bonds is 2. The van der Waals surface area contributed by atoms with Gasteiger partial charge in [0, 0.05) is 13.1 Å². The van der Waals surface area contributed by atoms with Gasteiger partial charge in [0.1, 0.15) is 6.04 Å². The fourth-order valence-electron chi connectivity index (χ4n) is 2.89. The van der Waals surface area contributed by atoms with Gasteiger partial charge in [-0.2, -0.15) is 0 Å². The van der Waals surface area contributed by atoms with Gasteiger partial charge in [-0.15, -0.1) is 0 Å². The molecule has 2 aromatic carbocycles. The lowest BCUT2D eigenvalue weighted by molar-refractivity contribution is -0.133. The van der Waals surface area contributed by atoms with Gasteiger partial charge >= 0.3 is 0 Å². The molecule has 1 aliphatic heterocycles. The van der Waals surface area contributed by atoms with Gasteiger partial charge < -0.3 is 10.6 Å². The lowest BCUT2D eigenvalue weighted by Crippen LogP contribution is -2.38. The topological polar surface area (TPSA) is 46.3 Å². The van der Waals surface area contributed by atoms with Gasteiger partial charge in [-0.05, 0) is 29.5 Å². The Morgan fingerprint density at radius 2 is 1.67 bits per heavy atom. The quantitative estimate of drug-likeness (QED) is 0.919. The van der Waals surface area contributed by atoms with Gasteiger partial charge in [-0.25, -0.2) is 0 Å². The molecule has 0 saturated carbocycles. The van der Waals surface area contributed by atoms with Crippen LogP contribution in [0.25, 0.3) is 0 Å². The lowest BCUT2D eigenvalue weighted by Gasteiger charge is -2.24. The van der Waals surface area contributed by atoms with Gasteiger partial charge in [-0.1, -0.05) is 54.6 Å². The first kappa shape index (κ1) is 13.8. The van der Waals surface area contributed by atoms with Crippen molar-refractivity contribution in [2.75, 3.05) is 6.54 Å². The van der Waals surface area contributed by atoms with E-state index in [1.54, 1.807) is 0 Å². The highest BCUT2D eigenvalue weighted by molar-refractivity contribution is 5.83. The van der Waals surface area contributed by atoms with Crippen LogP contribution in [0.1, 0.15) is 29.2 Å². The van der Waals surface area contributed by atoms with E-state index in [-0.39, 0.29) is 5.91 Å². The number of nitrogens with zero attached hydrogens (tertiary/aromatic N) is 1. The highest BCUT2D eigenvalue weighted by atomic mass is 16.2.